The van der Waals surface area contributed by atoms with E-state index >= 15 is 0 Å². The summed E-state index contributed by atoms with van der Waals surface area (Å²) in [5.74, 6) is 1.05. The second kappa shape index (κ2) is 12.2. The first kappa shape index (κ1) is 29.0. The number of ether oxygens (including phenoxy) is 2. The highest BCUT2D eigenvalue weighted by Gasteiger charge is 2.29. The number of likely N-dealkylation sites (tertiary alicyclic amines) is 1. The molecule has 5 rings (SSSR count). The van der Waals surface area contributed by atoms with Crippen molar-refractivity contribution < 1.29 is 22.7 Å². The van der Waals surface area contributed by atoms with Crippen LogP contribution in [0.25, 0.3) is 11.0 Å². The van der Waals surface area contributed by atoms with Gasteiger partial charge in [-0.3, -0.25) is 14.4 Å². The Labute approximate surface area is 244 Å². The van der Waals surface area contributed by atoms with Crippen molar-refractivity contribution in [2.24, 2.45) is 0 Å². The van der Waals surface area contributed by atoms with Crippen LogP contribution >= 0.6 is 0 Å². The van der Waals surface area contributed by atoms with Crippen LogP contribution in [0.4, 0.5) is 23.0 Å². The molecule has 0 spiro atoms. The number of carbonyl (C=O) groups excluding carboxylic acids is 1. The minimum Gasteiger partial charge on any atom is -0.497 e. The molecule has 13 heteroatoms. The minimum absolute atomic E-state index is 0.00171. The van der Waals surface area contributed by atoms with Crippen LogP contribution < -0.4 is 24.8 Å². The average molecular weight is 592 g/mol. The average Bonchev–Trinajstić information content (AvgIpc) is 2.94. The van der Waals surface area contributed by atoms with Crippen molar-refractivity contribution in [3.05, 3.63) is 66.7 Å². The molecule has 1 amide bonds. The summed E-state index contributed by atoms with van der Waals surface area (Å²) in [6.45, 7) is 1.85. The third-order valence-corrected chi connectivity index (χ3v) is 8.22. The Hall–Kier alpha value is -4.46. The fourth-order valence-electron chi connectivity index (χ4n) is 4.50. The lowest BCUT2D eigenvalue weighted by molar-refractivity contribution is -0.119. The lowest BCUT2D eigenvalue weighted by atomic mass is 10.1. The molecule has 3 aromatic carbocycles. The number of nitrogens with zero attached hydrogens (tertiary/aromatic N) is 4. The van der Waals surface area contributed by atoms with Crippen LogP contribution in [0.1, 0.15) is 0 Å². The molecule has 0 atom stereocenters. The fourth-order valence-corrected chi connectivity index (χ4v) is 5.56. The summed E-state index contributed by atoms with van der Waals surface area (Å²) in [4.78, 5) is 25.9. The molecule has 1 aliphatic rings. The van der Waals surface area contributed by atoms with Crippen LogP contribution in [-0.4, -0.2) is 88.1 Å². The first-order valence-corrected chi connectivity index (χ1v) is 14.7. The third-order valence-electron chi connectivity index (χ3n) is 6.88. The van der Waals surface area contributed by atoms with E-state index < -0.39 is 10.0 Å². The van der Waals surface area contributed by atoms with Gasteiger partial charge >= 0.3 is 0 Å². The number of anilines is 4. The second-order valence-electron chi connectivity index (χ2n) is 10.1. The Bertz CT molecular complexity index is 1690. The Kier molecular flexibility index (Phi) is 8.43. The summed E-state index contributed by atoms with van der Waals surface area (Å²) in [6, 6.07) is 18.8. The predicted octanol–water partition coefficient (Wildman–Crippen LogP) is 3.38. The molecule has 12 nitrogen and oxygen atoms in total. The van der Waals surface area contributed by atoms with Crippen LogP contribution in [-0.2, 0) is 14.8 Å². The van der Waals surface area contributed by atoms with Gasteiger partial charge in [-0.05, 0) is 44.4 Å². The van der Waals surface area contributed by atoms with E-state index in [1.165, 1.54) is 26.4 Å². The van der Waals surface area contributed by atoms with Gasteiger partial charge in [0.15, 0.2) is 11.6 Å². The molecule has 4 aromatic rings. The second-order valence-corrected chi connectivity index (χ2v) is 11.8. The van der Waals surface area contributed by atoms with Crippen LogP contribution in [0.2, 0.25) is 0 Å². The maximum Gasteiger partial charge on any atom is 0.263 e. The highest BCUT2D eigenvalue weighted by molar-refractivity contribution is 7.92. The van der Waals surface area contributed by atoms with Gasteiger partial charge < -0.3 is 25.0 Å². The van der Waals surface area contributed by atoms with E-state index in [9.17, 15) is 13.2 Å². The maximum atomic E-state index is 13.5. The summed E-state index contributed by atoms with van der Waals surface area (Å²) in [5.41, 5.74) is 2.01. The van der Waals surface area contributed by atoms with Gasteiger partial charge in [-0.2, -0.15) is 0 Å². The zero-order valence-electron chi connectivity index (χ0n) is 23.8. The monoisotopic (exact) mass is 591 g/mol. The predicted molar refractivity (Wildman–Crippen MR) is 162 cm³/mol. The van der Waals surface area contributed by atoms with Gasteiger partial charge in [-0.15, -0.1) is 0 Å². The number of likely N-dealkylation sites (N-methyl/N-ethyl adjacent to an activating group) is 1. The van der Waals surface area contributed by atoms with E-state index in [2.05, 4.69) is 30.2 Å². The van der Waals surface area contributed by atoms with E-state index in [-0.39, 0.29) is 29.0 Å². The van der Waals surface area contributed by atoms with Crippen LogP contribution in [0.5, 0.6) is 11.5 Å². The molecule has 0 saturated carbocycles. The van der Waals surface area contributed by atoms with Crippen LogP contribution in [0, 0.1) is 0 Å². The molecule has 0 aliphatic carbocycles. The van der Waals surface area contributed by atoms with Crippen molar-refractivity contribution in [1.82, 2.24) is 19.8 Å². The number of para-hydroxylation sites is 2. The molecule has 3 N–H and O–H groups in total. The van der Waals surface area contributed by atoms with Crippen LogP contribution in [0.15, 0.2) is 71.6 Å². The number of aromatic nitrogens is 2. The first-order chi connectivity index (χ1) is 20.1. The zero-order valence-corrected chi connectivity index (χ0v) is 24.6. The summed E-state index contributed by atoms with van der Waals surface area (Å²) in [6.07, 6.45) is 0. The minimum atomic E-state index is -4.12. The van der Waals surface area contributed by atoms with Gasteiger partial charge in [0.2, 0.25) is 5.91 Å². The number of benzene rings is 3. The van der Waals surface area contributed by atoms with Crippen molar-refractivity contribution in [3.63, 3.8) is 0 Å². The standard InChI is InChI=1S/C29H33N7O5S/c1-35(2)21-16-36(17-21)18-27(37)30-19-8-7-9-24(14-19)42(38,39)34-29-28(32-25-10-5-6-11-26(25)33-29)31-20-12-22(40-3)15-23(13-20)41-4/h5-15,21H,16-18H2,1-4H3,(H,30,37)(H,31,32)(H,33,34). The number of methoxy groups -OCH3 is 2. The van der Waals surface area contributed by atoms with Crippen molar-refractivity contribution >= 4 is 50.0 Å². The fraction of sp³-hybridized carbons (Fsp3) is 0.276. The van der Waals surface area contributed by atoms with E-state index in [4.69, 9.17) is 9.47 Å². The molecule has 0 radical (unpaired) electrons. The smallest absolute Gasteiger partial charge is 0.263 e. The number of fused-ring (bicyclic) bond motifs is 1. The normalized spacial score (nSPS) is 13.9. The summed E-state index contributed by atoms with van der Waals surface area (Å²) < 4.78 is 40.4. The number of hydrogen-bond donors (Lipinski definition) is 3. The van der Waals surface area contributed by atoms with Gasteiger partial charge in [0.1, 0.15) is 11.5 Å². The van der Waals surface area contributed by atoms with Crippen LogP contribution in [0.3, 0.4) is 0 Å². The summed E-state index contributed by atoms with van der Waals surface area (Å²) in [5, 5.41) is 5.94. The summed E-state index contributed by atoms with van der Waals surface area (Å²) in [7, 11) is 2.98. The molecule has 1 fully saturated rings. The number of hydrogen-bond acceptors (Lipinski definition) is 10. The highest BCUT2D eigenvalue weighted by atomic mass is 32.2. The zero-order chi connectivity index (χ0) is 29.9. The van der Waals surface area contributed by atoms with E-state index in [0.717, 1.165) is 13.1 Å². The first-order valence-electron chi connectivity index (χ1n) is 13.2. The van der Waals surface area contributed by atoms with Gasteiger partial charge in [0.25, 0.3) is 10.0 Å². The molecule has 1 aliphatic heterocycles. The molecular formula is C29H33N7O5S. The van der Waals surface area contributed by atoms with Crippen molar-refractivity contribution in [3.8, 4) is 11.5 Å². The number of nitrogens with one attached hydrogen (secondary N) is 3. The largest absolute Gasteiger partial charge is 0.497 e. The van der Waals surface area contributed by atoms with Crippen molar-refractivity contribution in [1.29, 1.82) is 0 Å². The SMILES string of the molecule is COc1cc(Nc2nc3ccccc3nc2NS(=O)(=O)c2cccc(NC(=O)CN3CC(N(C)C)C3)c2)cc(OC)c1. The molecule has 220 valence electrons. The number of rotatable bonds is 11. The molecule has 0 bridgehead atoms. The van der Waals surface area contributed by atoms with Crippen molar-refractivity contribution in [2.45, 2.75) is 10.9 Å². The van der Waals surface area contributed by atoms with Crippen molar-refractivity contribution in [2.75, 3.05) is 63.3 Å². The lowest BCUT2D eigenvalue weighted by Gasteiger charge is -2.42. The van der Waals surface area contributed by atoms with Gasteiger partial charge in [-0.25, -0.2) is 18.4 Å². The van der Waals surface area contributed by atoms with Gasteiger partial charge in [0.05, 0.1) is 36.7 Å². The number of amides is 1. The molecule has 1 aromatic heterocycles. The highest BCUT2D eigenvalue weighted by Crippen LogP contribution is 2.31. The van der Waals surface area contributed by atoms with E-state index in [0.29, 0.717) is 39.9 Å². The summed E-state index contributed by atoms with van der Waals surface area (Å²) >= 11 is 0. The van der Waals surface area contributed by atoms with E-state index in [1.807, 2.05) is 25.1 Å². The number of sulfonamides is 1. The Balaban J connectivity index is 1.38. The Morgan fingerprint density at radius 1 is 0.905 bits per heavy atom. The van der Waals surface area contributed by atoms with Gasteiger partial charge in [-0.1, -0.05) is 18.2 Å². The Morgan fingerprint density at radius 3 is 2.17 bits per heavy atom. The van der Waals surface area contributed by atoms with Gasteiger partial charge in [0, 0.05) is 48.7 Å². The maximum absolute atomic E-state index is 13.5. The molecule has 0 unspecified atom stereocenters. The number of carbonyl (C=O) groups is 1. The molecule has 42 heavy (non-hydrogen) atoms. The molecular weight excluding hydrogens is 558 g/mol. The Morgan fingerprint density at radius 2 is 1.55 bits per heavy atom. The topological polar surface area (TPSA) is 138 Å². The molecule has 2 heterocycles. The van der Waals surface area contributed by atoms with E-state index in [1.54, 1.807) is 48.5 Å². The third kappa shape index (κ3) is 6.70. The quantitative estimate of drug-likeness (QED) is 0.238. The molecule has 1 saturated heterocycles. The lowest BCUT2D eigenvalue weighted by Crippen LogP contribution is -2.58.